The van der Waals surface area contributed by atoms with Crippen LogP contribution in [-0.2, 0) is 19.7 Å². The summed E-state index contributed by atoms with van der Waals surface area (Å²) in [7, 11) is -3.66. The molecule has 82 valence electrons. The van der Waals surface area contributed by atoms with Gasteiger partial charge in [-0.2, -0.15) is 8.42 Å². The highest BCUT2D eigenvalue weighted by Gasteiger charge is 1.93. The lowest BCUT2D eigenvalue weighted by atomic mass is 10.5. The number of hydrogen-bond donors (Lipinski definition) is 3. The van der Waals surface area contributed by atoms with Crippen molar-refractivity contribution in [3.63, 3.8) is 0 Å². The molecular formula is C6H10O7S. The van der Waals surface area contributed by atoms with Gasteiger partial charge in [0.2, 0.25) is 0 Å². The van der Waals surface area contributed by atoms with Crippen LogP contribution in [0.5, 0.6) is 0 Å². The Bertz CT molecular complexity index is 297. The summed E-state index contributed by atoms with van der Waals surface area (Å²) in [6.07, 6.45) is 1.12. The maximum Gasteiger partial charge on any atom is 0.328 e. The number of carboxylic acid groups (broad SMARTS) is 2. The zero-order valence-electron chi connectivity index (χ0n) is 7.24. The van der Waals surface area contributed by atoms with Crippen molar-refractivity contribution in [1.29, 1.82) is 0 Å². The summed E-state index contributed by atoms with van der Waals surface area (Å²) in [5.41, 5.74) is 0. The van der Waals surface area contributed by atoms with Gasteiger partial charge in [-0.25, -0.2) is 9.59 Å². The van der Waals surface area contributed by atoms with E-state index in [0.717, 1.165) is 0 Å². The van der Waals surface area contributed by atoms with Crippen molar-refractivity contribution in [3.8, 4) is 0 Å². The number of hydrogen-bond acceptors (Lipinski definition) is 4. The molecule has 0 atom stereocenters. The molecule has 0 bridgehead atoms. The molecule has 0 heterocycles. The molecule has 0 amide bonds. The van der Waals surface area contributed by atoms with E-state index in [1.54, 1.807) is 0 Å². The Labute approximate surface area is 80.4 Å². The molecule has 0 saturated heterocycles. The number of carbonyl (C=O) groups is 2. The highest BCUT2D eigenvalue weighted by molar-refractivity contribution is 7.85. The molecule has 0 fully saturated rings. The minimum atomic E-state index is -3.66. The Morgan fingerprint density at radius 1 is 1.14 bits per heavy atom. The van der Waals surface area contributed by atoms with Crippen molar-refractivity contribution in [2.45, 2.75) is 6.92 Å². The summed E-state index contributed by atoms with van der Waals surface area (Å²) in [6, 6.07) is 0. The molecule has 0 saturated carbocycles. The van der Waals surface area contributed by atoms with Gasteiger partial charge >= 0.3 is 11.9 Å². The van der Waals surface area contributed by atoms with Crippen LogP contribution in [0.15, 0.2) is 12.2 Å². The lowest BCUT2D eigenvalue weighted by Gasteiger charge is -1.79. The van der Waals surface area contributed by atoms with Crippen LogP contribution >= 0.6 is 0 Å². The fourth-order valence-electron chi connectivity index (χ4n) is 0.143. The van der Waals surface area contributed by atoms with Crippen LogP contribution in [0, 0.1) is 0 Å². The van der Waals surface area contributed by atoms with Gasteiger partial charge in [-0.15, -0.1) is 0 Å². The van der Waals surface area contributed by atoms with E-state index in [0.29, 0.717) is 12.2 Å². The second kappa shape index (κ2) is 7.04. The highest BCUT2D eigenvalue weighted by Crippen LogP contribution is 1.74. The number of aliphatic carboxylic acids is 2. The third kappa shape index (κ3) is 22.4. The van der Waals surface area contributed by atoms with E-state index in [2.05, 4.69) is 0 Å². The Kier molecular flexibility index (Phi) is 7.58. The summed E-state index contributed by atoms with van der Waals surface area (Å²) < 4.78 is 26.9. The topological polar surface area (TPSA) is 129 Å². The van der Waals surface area contributed by atoms with Gasteiger partial charge in [-0.05, 0) is 6.92 Å². The van der Waals surface area contributed by atoms with E-state index in [4.69, 9.17) is 14.8 Å². The van der Waals surface area contributed by atoms with E-state index in [9.17, 15) is 18.0 Å². The molecule has 0 aliphatic rings. The van der Waals surface area contributed by atoms with Gasteiger partial charge in [0.15, 0.2) is 0 Å². The zero-order valence-corrected chi connectivity index (χ0v) is 8.06. The number of rotatable bonds is 3. The van der Waals surface area contributed by atoms with Crippen molar-refractivity contribution in [1.82, 2.24) is 0 Å². The van der Waals surface area contributed by atoms with Crippen molar-refractivity contribution < 1.29 is 32.8 Å². The lowest BCUT2D eigenvalue weighted by Crippen LogP contribution is -1.97. The monoisotopic (exact) mass is 226 g/mol. The molecule has 3 N–H and O–H groups in total. The van der Waals surface area contributed by atoms with Crippen LogP contribution in [0.2, 0.25) is 0 Å². The first-order valence-electron chi connectivity index (χ1n) is 3.28. The quantitative estimate of drug-likeness (QED) is 0.441. The van der Waals surface area contributed by atoms with Gasteiger partial charge in [0.25, 0.3) is 10.1 Å². The third-order valence-corrected chi connectivity index (χ3v) is 1.46. The first-order valence-corrected chi connectivity index (χ1v) is 4.89. The van der Waals surface area contributed by atoms with Crippen molar-refractivity contribution in [3.05, 3.63) is 12.2 Å². The summed E-state index contributed by atoms with van der Waals surface area (Å²) in [4.78, 5) is 19.1. The van der Waals surface area contributed by atoms with Gasteiger partial charge in [0.1, 0.15) is 0 Å². The van der Waals surface area contributed by atoms with Gasteiger partial charge in [0.05, 0.1) is 5.75 Å². The van der Waals surface area contributed by atoms with Crippen molar-refractivity contribution >= 4 is 22.1 Å². The highest BCUT2D eigenvalue weighted by atomic mass is 32.2. The summed E-state index contributed by atoms with van der Waals surface area (Å²) >= 11 is 0. The SMILES string of the molecule is CCS(=O)(=O)O.O=C(O)/C=C/C(=O)O. The predicted molar refractivity (Wildman–Crippen MR) is 46.5 cm³/mol. The Morgan fingerprint density at radius 2 is 1.36 bits per heavy atom. The second-order valence-corrected chi connectivity index (χ2v) is 3.62. The van der Waals surface area contributed by atoms with Gasteiger partial charge in [-0.3, -0.25) is 4.55 Å². The van der Waals surface area contributed by atoms with E-state index < -0.39 is 22.1 Å². The van der Waals surface area contributed by atoms with E-state index in [-0.39, 0.29) is 5.75 Å². The first kappa shape index (κ1) is 15.1. The lowest BCUT2D eigenvalue weighted by molar-refractivity contribution is -0.134. The smallest absolute Gasteiger partial charge is 0.328 e. The minimum absolute atomic E-state index is 0.201. The van der Waals surface area contributed by atoms with Gasteiger partial charge in [-0.1, -0.05) is 0 Å². The molecule has 0 aromatic carbocycles. The van der Waals surface area contributed by atoms with Gasteiger partial charge < -0.3 is 10.2 Å². The maximum absolute atomic E-state index is 9.56. The minimum Gasteiger partial charge on any atom is -0.478 e. The fourth-order valence-corrected chi connectivity index (χ4v) is 0.143. The van der Waals surface area contributed by atoms with E-state index in [1.807, 2.05) is 0 Å². The van der Waals surface area contributed by atoms with Crippen molar-refractivity contribution in [2.24, 2.45) is 0 Å². The molecule has 0 radical (unpaired) electrons. The Balaban J connectivity index is 0. The van der Waals surface area contributed by atoms with Crippen molar-refractivity contribution in [2.75, 3.05) is 5.75 Å². The van der Waals surface area contributed by atoms with Crippen LogP contribution in [0.4, 0.5) is 0 Å². The second-order valence-electron chi connectivity index (χ2n) is 1.88. The Morgan fingerprint density at radius 3 is 1.43 bits per heavy atom. The predicted octanol–water partition coefficient (Wildman–Crippen LogP) is -0.394. The average molecular weight is 226 g/mol. The maximum atomic E-state index is 9.56. The standard InChI is InChI=1S/C4H4O4.C2H6O3S/c5-3(6)1-2-4(7)8;1-2-6(3,4)5/h1-2H,(H,5,6)(H,7,8);2H2,1H3,(H,3,4,5)/b2-1+;. The molecule has 14 heavy (non-hydrogen) atoms. The molecule has 0 spiro atoms. The molecule has 8 heteroatoms. The fraction of sp³-hybridized carbons (Fsp3) is 0.333. The molecule has 0 aromatic heterocycles. The first-order chi connectivity index (χ1) is 6.19. The summed E-state index contributed by atoms with van der Waals surface area (Å²) in [5.74, 6) is -2.72. The molecular weight excluding hydrogens is 216 g/mol. The van der Waals surface area contributed by atoms with Crippen LogP contribution < -0.4 is 0 Å². The molecule has 0 rings (SSSR count). The van der Waals surface area contributed by atoms with Gasteiger partial charge in [0, 0.05) is 12.2 Å². The average Bonchev–Trinajstić information content (AvgIpc) is 2.01. The zero-order chi connectivity index (χ0) is 11.8. The van der Waals surface area contributed by atoms with Crippen LogP contribution in [0.3, 0.4) is 0 Å². The third-order valence-electron chi connectivity index (χ3n) is 0.733. The summed E-state index contributed by atoms with van der Waals surface area (Å²) in [5, 5.41) is 15.6. The van der Waals surface area contributed by atoms with Crippen LogP contribution in [-0.4, -0.2) is 40.9 Å². The Hall–Kier alpha value is -1.41. The van der Waals surface area contributed by atoms with Crippen LogP contribution in [0.1, 0.15) is 6.92 Å². The normalized spacial score (nSPS) is 10.4. The van der Waals surface area contributed by atoms with E-state index in [1.165, 1.54) is 6.92 Å². The largest absolute Gasteiger partial charge is 0.478 e. The number of carboxylic acids is 2. The van der Waals surface area contributed by atoms with E-state index >= 15 is 0 Å². The molecule has 0 unspecified atom stereocenters. The molecule has 7 nitrogen and oxygen atoms in total. The molecule has 0 aliphatic carbocycles. The summed E-state index contributed by atoms with van der Waals surface area (Å²) in [6.45, 7) is 1.37. The molecule has 0 aromatic rings. The molecule has 0 aliphatic heterocycles. The van der Waals surface area contributed by atoms with Crippen LogP contribution in [0.25, 0.3) is 0 Å².